The molecule has 0 aliphatic carbocycles. The summed E-state index contributed by atoms with van der Waals surface area (Å²) in [5, 5.41) is 12.2. The van der Waals surface area contributed by atoms with Crippen LogP contribution in [-0.4, -0.2) is 20.6 Å². The van der Waals surface area contributed by atoms with Gasteiger partial charge in [0.1, 0.15) is 5.75 Å². The van der Waals surface area contributed by atoms with Crippen LogP contribution in [0, 0.1) is 13.8 Å². The van der Waals surface area contributed by atoms with E-state index in [4.69, 9.17) is 0 Å². The van der Waals surface area contributed by atoms with Crippen LogP contribution in [0.5, 0.6) is 5.75 Å². The van der Waals surface area contributed by atoms with E-state index in [1.807, 2.05) is 13.8 Å². The first-order valence-electron chi connectivity index (χ1n) is 6.33. The second-order valence-corrected chi connectivity index (χ2v) is 4.61. The minimum atomic E-state index is -0.253. The van der Waals surface area contributed by atoms with Gasteiger partial charge in [0.2, 0.25) is 5.91 Å². The van der Waals surface area contributed by atoms with Gasteiger partial charge in [-0.25, -0.2) is 4.79 Å². The van der Waals surface area contributed by atoms with E-state index in [9.17, 15) is 14.7 Å². The highest BCUT2D eigenvalue weighted by atomic mass is 16.3. The highest BCUT2D eigenvalue weighted by molar-refractivity contribution is 5.92. The Hall–Kier alpha value is -2.50. The lowest BCUT2D eigenvalue weighted by atomic mass is 10.3. The number of imidazole rings is 1. The second kappa shape index (κ2) is 5.64. The van der Waals surface area contributed by atoms with Gasteiger partial charge < -0.3 is 15.4 Å². The van der Waals surface area contributed by atoms with Crippen molar-refractivity contribution in [1.82, 2.24) is 9.55 Å². The summed E-state index contributed by atoms with van der Waals surface area (Å²) in [6.45, 7) is 3.94. The van der Waals surface area contributed by atoms with Crippen molar-refractivity contribution in [3.05, 3.63) is 46.1 Å². The molecular formula is C14H17N3O3. The number of hydrogen-bond donors (Lipinski definition) is 3. The summed E-state index contributed by atoms with van der Waals surface area (Å²) in [6.07, 6.45) is 0.159. The van der Waals surface area contributed by atoms with Crippen molar-refractivity contribution < 1.29 is 9.90 Å². The molecule has 0 radical (unpaired) electrons. The molecule has 0 aliphatic heterocycles. The first-order chi connectivity index (χ1) is 9.49. The standard InChI is InChI=1S/C14H17N3O3/c1-9-10(2)17(14(20)15-9)8-7-13(19)16-11-5-3-4-6-12(11)18/h3-6,18H,7-8H2,1-2H3,(H,15,20)(H,16,19). The molecule has 106 valence electrons. The van der Waals surface area contributed by atoms with E-state index in [1.165, 1.54) is 10.6 Å². The SMILES string of the molecule is Cc1[nH]c(=O)n(CCC(=O)Nc2ccccc2O)c1C. The Bertz CT molecular complexity index is 685. The molecule has 0 aliphatic rings. The summed E-state index contributed by atoms with van der Waals surface area (Å²) in [4.78, 5) is 26.1. The van der Waals surface area contributed by atoms with Gasteiger partial charge in [-0.05, 0) is 26.0 Å². The maximum atomic E-state index is 11.8. The van der Waals surface area contributed by atoms with Crippen LogP contribution < -0.4 is 11.0 Å². The van der Waals surface area contributed by atoms with Crippen LogP contribution in [0.1, 0.15) is 17.8 Å². The predicted octanol–water partition coefficient (Wildman–Crippen LogP) is 1.53. The molecule has 1 heterocycles. The number of nitrogens with zero attached hydrogens (tertiary/aromatic N) is 1. The van der Waals surface area contributed by atoms with Gasteiger partial charge in [0.15, 0.2) is 0 Å². The van der Waals surface area contributed by atoms with Crippen molar-refractivity contribution in [1.29, 1.82) is 0 Å². The largest absolute Gasteiger partial charge is 0.506 e. The molecule has 6 heteroatoms. The van der Waals surface area contributed by atoms with Crippen molar-refractivity contribution >= 4 is 11.6 Å². The molecule has 2 rings (SSSR count). The molecule has 2 aromatic rings. The topological polar surface area (TPSA) is 87.1 Å². The Kier molecular flexibility index (Phi) is 3.93. The molecule has 1 amide bonds. The van der Waals surface area contributed by atoms with Crippen LogP contribution in [0.4, 0.5) is 5.69 Å². The van der Waals surface area contributed by atoms with Gasteiger partial charge in [-0.2, -0.15) is 0 Å². The first-order valence-corrected chi connectivity index (χ1v) is 6.33. The van der Waals surface area contributed by atoms with Gasteiger partial charge in [-0.3, -0.25) is 9.36 Å². The molecule has 0 atom stereocenters. The zero-order valence-electron chi connectivity index (χ0n) is 11.4. The quantitative estimate of drug-likeness (QED) is 0.739. The van der Waals surface area contributed by atoms with E-state index in [1.54, 1.807) is 18.2 Å². The lowest BCUT2D eigenvalue weighted by Crippen LogP contribution is -2.22. The average molecular weight is 275 g/mol. The Morgan fingerprint density at radius 2 is 2.05 bits per heavy atom. The number of aromatic amines is 1. The fourth-order valence-corrected chi connectivity index (χ4v) is 1.95. The summed E-state index contributed by atoms with van der Waals surface area (Å²) in [5.41, 5.74) is 1.78. The third-order valence-corrected chi connectivity index (χ3v) is 3.23. The molecule has 3 N–H and O–H groups in total. The number of H-pyrrole nitrogens is 1. The summed E-state index contributed by atoms with van der Waals surface area (Å²) >= 11 is 0. The lowest BCUT2D eigenvalue weighted by Gasteiger charge is -2.08. The first kappa shape index (κ1) is 13.9. The predicted molar refractivity (Wildman–Crippen MR) is 75.9 cm³/mol. The minimum absolute atomic E-state index is 0.0201. The Morgan fingerprint density at radius 3 is 2.65 bits per heavy atom. The van der Waals surface area contributed by atoms with E-state index in [0.29, 0.717) is 12.2 Å². The van der Waals surface area contributed by atoms with Gasteiger partial charge in [0, 0.05) is 24.4 Å². The number of aromatic nitrogens is 2. The van der Waals surface area contributed by atoms with Crippen molar-refractivity contribution in [2.45, 2.75) is 26.8 Å². The molecule has 0 saturated heterocycles. The summed E-state index contributed by atoms with van der Waals surface area (Å²) in [6, 6.07) is 6.51. The molecule has 20 heavy (non-hydrogen) atoms. The number of anilines is 1. The smallest absolute Gasteiger partial charge is 0.325 e. The number of phenolic OH excluding ortho intramolecular Hbond substituents is 1. The number of carbonyl (C=O) groups excluding carboxylic acids is 1. The summed E-state index contributed by atoms with van der Waals surface area (Å²) < 4.78 is 1.53. The fourth-order valence-electron chi connectivity index (χ4n) is 1.95. The van der Waals surface area contributed by atoms with Gasteiger partial charge in [-0.15, -0.1) is 0 Å². The number of amides is 1. The molecule has 0 bridgehead atoms. The van der Waals surface area contributed by atoms with Gasteiger partial charge in [0.25, 0.3) is 0 Å². The van der Waals surface area contributed by atoms with Crippen LogP contribution in [0.2, 0.25) is 0 Å². The summed E-state index contributed by atoms with van der Waals surface area (Å²) in [5.74, 6) is -0.233. The summed E-state index contributed by atoms with van der Waals surface area (Å²) in [7, 11) is 0. The number of benzene rings is 1. The van der Waals surface area contributed by atoms with E-state index >= 15 is 0 Å². The highest BCUT2D eigenvalue weighted by Gasteiger charge is 2.10. The molecular weight excluding hydrogens is 258 g/mol. The van der Waals surface area contributed by atoms with Crippen molar-refractivity contribution in [2.24, 2.45) is 0 Å². The number of para-hydroxylation sites is 2. The number of nitrogens with one attached hydrogen (secondary N) is 2. The van der Waals surface area contributed by atoms with Gasteiger partial charge in [-0.1, -0.05) is 12.1 Å². The number of carbonyl (C=O) groups is 1. The second-order valence-electron chi connectivity index (χ2n) is 4.61. The van der Waals surface area contributed by atoms with Crippen molar-refractivity contribution in [2.75, 3.05) is 5.32 Å². The number of aromatic hydroxyl groups is 1. The van der Waals surface area contributed by atoms with Crippen molar-refractivity contribution in [3.63, 3.8) is 0 Å². The van der Waals surface area contributed by atoms with Crippen LogP contribution in [-0.2, 0) is 11.3 Å². The zero-order valence-corrected chi connectivity index (χ0v) is 11.4. The monoisotopic (exact) mass is 275 g/mol. The zero-order chi connectivity index (χ0) is 14.7. The fraction of sp³-hybridized carbons (Fsp3) is 0.286. The normalized spacial score (nSPS) is 10.5. The Morgan fingerprint density at radius 1 is 1.35 bits per heavy atom. The van der Waals surface area contributed by atoms with Gasteiger partial charge in [0.05, 0.1) is 5.69 Å². The van der Waals surface area contributed by atoms with Crippen LogP contribution in [0.25, 0.3) is 0 Å². The molecule has 1 aromatic heterocycles. The third-order valence-electron chi connectivity index (χ3n) is 3.23. The minimum Gasteiger partial charge on any atom is -0.506 e. The van der Waals surface area contributed by atoms with Crippen LogP contribution in [0.15, 0.2) is 29.1 Å². The van der Waals surface area contributed by atoms with Gasteiger partial charge >= 0.3 is 5.69 Å². The van der Waals surface area contributed by atoms with Crippen LogP contribution in [0.3, 0.4) is 0 Å². The van der Waals surface area contributed by atoms with E-state index in [2.05, 4.69) is 10.3 Å². The van der Waals surface area contributed by atoms with Crippen molar-refractivity contribution in [3.8, 4) is 5.75 Å². The molecule has 1 aromatic carbocycles. The molecule has 0 fully saturated rings. The molecule has 0 saturated carbocycles. The molecule has 0 unspecified atom stereocenters. The number of rotatable bonds is 4. The number of phenols is 1. The van der Waals surface area contributed by atoms with E-state index in [-0.39, 0.29) is 23.8 Å². The Labute approximate surface area is 116 Å². The maximum absolute atomic E-state index is 11.8. The molecule has 6 nitrogen and oxygen atoms in total. The lowest BCUT2D eigenvalue weighted by molar-refractivity contribution is -0.116. The Balaban J connectivity index is 1.99. The maximum Gasteiger partial charge on any atom is 0.325 e. The highest BCUT2D eigenvalue weighted by Crippen LogP contribution is 2.21. The number of hydrogen-bond acceptors (Lipinski definition) is 3. The van der Waals surface area contributed by atoms with E-state index in [0.717, 1.165) is 11.4 Å². The molecule has 0 spiro atoms. The average Bonchev–Trinajstić information content (AvgIpc) is 2.64. The van der Waals surface area contributed by atoms with E-state index < -0.39 is 0 Å². The number of aryl methyl sites for hydroxylation is 1. The van der Waals surface area contributed by atoms with Crippen LogP contribution >= 0.6 is 0 Å². The third kappa shape index (κ3) is 2.90.